The maximum atomic E-state index is 11.5. The lowest BCUT2D eigenvalue weighted by Gasteiger charge is -2.19. The number of halogens is 1. The van der Waals surface area contributed by atoms with Crippen molar-refractivity contribution in [1.82, 2.24) is 9.30 Å². The van der Waals surface area contributed by atoms with E-state index in [1.54, 1.807) is 12.1 Å². The van der Waals surface area contributed by atoms with E-state index in [1.165, 1.54) is 6.20 Å². The summed E-state index contributed by atoms with van der Waals surface area (Å²) in [7, 11) is 0. The normalized spacial score (nSPS) is 11.8. The smallest absolute Gasteiger partial charge is 0.288 e. The summed E-state index contributed by atoms with van der Waals surface area (Å²) in [5.41, 5.74) is 8.32. The van der Waals surface area contributed by atoms with Gasteiger partial charge in [0.05, 0.1) is 27.6 Å². The van der Waals surface area contributed by atoms with Crippen molar-refractivity contribution in [2.45, 2.75) is 19.4 Å². The van der Waals surface area contributed by atoms with Gasteiger partial charge in [-0.1, -0.05) is 24.3 Å². The molecule has 0 aliphatic carbocycles. The van der Waals surface area contributed by atoms with Crippen LogP contribution in [0.15, 0.2) is 42.6 Å². The van der Waals surface area contributed by atoms with E-state index in [2.05, 4.69) is 5.10 Å². The predicted molar refractivity (Wildman–Crippen MR) is 90.3 cm³/mol. The van der Waals surface area contributed by atoms with E-state index < -0.39 is 10.5 Å². The number of aromatic nitrogens is 2. The second kappa shape index (κ2) is 5.33. The molecule has 1 heterocycles. The van der Waals surface area contributed by atoms with Gasteiger partial charge < -0.3 is 5.73 Å². The zero-order chi connectivity index (χ0) is 16.8. The molecule has 0 aliphatic heterocycles. The van der Waals surface area contributed by atoms with E-state index in [-0.39, 0.29) is 5.69 Å². The van der Waals surface area contributed by atoms with Gasteiger partial charge in [0.25, 0.3) is 5.69 Å². The van der Waals surface area contributed by atoms with Crippen LogP contribution in [-0.2, 0) is 5.54 Å². The molecule has 7 heteroatoms. The molecule has 23 heavy (non-hydrogen) atoms. The number of nitro benzene ring substituents is 1. The van der Waals surface area contributed by atoms with Gasteiger partial charge in [0.2, 0.25) is 0 Å². The van der Waals surface area contributed by atoms with Crippen LogP contribution in [0.3, 0.4) is 0 Å². The first-order valence-electron chi connectivity index (χ1n) is 7.00. The highest BCUT2D eigenvalue weighted by molar-refractivity contribution is 6.19. The Kier molecular flexibility index (Phi) is 3.58. The molecule has 6 nitrogen and oxygen atoms in total. The standard InChI is InChI=1S/C16H15ClN4O2/c1-16(2,18)11-5-3-10(4-6-11)12-7-8-14-13(9-19-20(14)17)15(12)21(22)23/h3-9H,18H2,1-2H3. The van der Waals surface area contributed by atoms with E-state index in [4.69, 9.17) is 17.5 Å². The van der Waals surface area contributed by atoms with Gasteiger partial charge >= 0.3 is 0 Å². The third-order valence-corrected chi connectivity index (χ3v) is 4.07. The third-order valence-electron chi connectivity index (χ3n) is 3.80. The minimum atomic E-state index is -0.464. The van der Waals surface area contributed by atoms with E-state index in [9.17, 15) is 10.1 Å². The van der Waals surface area contributed by atoms with Crippen LogP contribution in [0.2, 0.25) is 0 Å². The van der Waals surface area contributed by atoms with Gasteiger partial charge in [-0.05, 0) is 37.1 Å². The zero-order valence-electron chi connectivity index (χ0n) is 12.7. The van der Waals surface area contributed by atoms with Crippen molar-refractivity contribution in [3.05, 3.63) is 58.3 Å². The largest absolute Gasteiger partial charge is 0.322 e. The molecular weight excluding hydrogens is 316 g/mol. The van der Waals surface area contributed by atoms with E-state index >= 15 is 0 Å². The van der Waals surface area contributed by atoms with Crippen LogP contribution in [0.25, 0.3) is 22.0 Å². The average Bonchev–Trinajstić information content (AvgIpc) is 2.87. The number of hydrogen-bond donors (Lipinski definition) is 1. The Balaban J connectivity index is 2.20. The lowest BCUT2D eigenvalue weighted by atomic mass is 9.93. The van der Waals surface area contributed by atoms with E-state index in [1.807, 2.05) is 38.1 Å². The first kappa shape index (κ1) is 15.5. The van der Waals surface area contributed by atoms with Crippen LogP contribution in [-0.4, -0.2) is 14.2 Å². The molecule has 0 fully saturated rings. The quantitative estimate of drug-likeness (QED) is 0.584. The van der Waals surface area contributed by atoms with Crippen LogP contribution in [0.1, 0.15) is 19.4 Å². The second-order valence-electron chi connectivity index (χ2n) is 5.96. The molecule has 0 radical (unpaired) electrons. The SMILES string of the molecule is CC(C)(N)c1ccc(-c2ccc3c(cnn3Cl)c2[N+](=O)[O-])cc1. The molecule has 2 N–H and O–H groups in total. The fourth-order valence-electron chi connectivity index (χ4n) is 2.57. The molecule has 118 valence electrons. The molecule has 3 aromatic rings. The summed E-state index contributed by atoms with van der Waals surface area (Å²) in [6.45, 7) is 3.82. The van der Waals surface area contributed by atoms with Gasteiger partial charge in [0, 0.05) is 17.3 Å². The van der Waals surface area contributed by atoms with E-state index in [0.717, 1.165) is 15.3 Å². The molecule has 0 saturated carbocycles. The first-order valence-corrected chi connectivity index (χ1v) is 7.34. The lowest BCUT2D eigenvalue weighted by Crippen LogP contribution is -2.28. The Morgan fingerprint density at radius 1 is 1.22 bits per heavy atom. The number of hydrogen-bond acceptors (Lipinski definition) is 4. The fourth-order valence-corrected chi connectivity index (χ4v) is 2.76. The monoisotopic (exact) mass is 330 g/mol. The van der Waals surface area contributed by atoms with Crippen molar-refractivity contribution in [1.29, 1.82) is 0 Å². The minimum absolute atomic E-state index is 0.00541. The van der Waals surface area contributed by atoms with Crippen molar-refractivity contribution in [3.8, 4) is 11.1 Å². The summed E-state index contributed by atoms with van der Waals surface area (Å²) >= 11 is 5.89. The molecule has 3 rings (SSSR count). The molecule has 0 bridgehead atoms. The van der Waals surface area contributed by atoms with Gasteiger partial charge in [-0.25, -0.2) is 0 Å². The van der Waals surface area contributed by atoms with Crippen molar-refractivity contribution >= 4 is 28.4 Å². The van der Waals surface area contributed by atoms with Crippen molar-refractivity contribution in [2.24, 2.45) is 5.73 Å². The van der Waals surface area contributed by atoms with Crippen molar-refractivity contribution < 1.29 is 4.92 Å². The van der Waals surface area contributed by atoms with Gasteiger partial charge in [-0.3, -0.25) is 10.1 Å². The molecule has 0 aliphatic rings. The summed E-state index contributed by atoms with van der Waals surface area (Å²) in [6.07, 6.45) is 1.40. The number of fused-ring (bicyclic) bond motifs is 1. The van der Waals surface area contributed by atoms with Crippen LogP contribution in [0, 0.1) is 10.1 Å². The van der Waals surface area contributed by atoms with Gasteiger partial charge in [0.15, 0.2) is 0 Å². The van der Waals surface area contributed by atoms with Gasteiger partial charge in [-0.2, -0.15) is 9.30 Å². The second-order valence-corrected chi connectivity index (χ2v) is 6.28. The minimum Gasteiger partial charge on any atom is -0.322 e. The molecule has 2 aromatic carbocycles. The summed E-state index contributed by atoms with van der Waals surface area (Å²) in [6, 6.07) is 10.8. The maximum Gasteiger partial charge on any atom is 0.288 e. The molecule has 0 unspecified atom stereocenters. The summed E-state index contributed by atoms with van der Waals surface area (Å²) in [4.78, 5) is 11.1. The summed E-state index contributed by atoms with van der Waals surface area (Å²) in [5, 5.41) is 15.8. The zero-order valence-corrected chi connectivity index (χ0v) is 13.4. The average molecular weight is 331 g/mol. The number of nitro groups is 1. The Morgan fingerprint density at radius 2 is 1.87 bits per heavy atom. The predicted octanol–water partition coefficient (Wildman–Crippen LogP) is 3.81. The Morgan fingerprint density at radius 3 is 2.43 bits per heavy atom. The van der Waals surface area contributed by atoms with Crippen LogP contribution >= 0.6 is 11.8 Å². The highest BCUT2D eigenvalue weighted by Crippen LogP contribution is 2.37. The van der Waals surface area contributed by atoms with Crippen LogP contribution < -0.4 is 5.73 Å². The molecule has 1 aromatic heterocycles. The topological polar surface area (TPSA) is 87.0 Å². The number of nitrogens with zero attached hydrogens (tertiary/aromatic N) is 3. The van der Waals surface area contributed by atoms with Crippen molar-refractivity contribution in [3.63, 3.8) is 0 Å². The first-order chi connectivity index (χ1) is 10.8. The summed E-state index contributed by atoms with van der Waals surface area (Å²) < 4.78 is 1.10. The van der Waals surface area contributed by atoms with E-state index in [0.29, 0.717) is 16.5 Å². The fraction of sp³-hybridized carbons (Fsp3) is 0.188. The highest BCUT2D eigenvalue weighted by Gasteiger charge is 2.22. The maximum absolute atomic E-state index is 11.5. The number of nitrogens with two attached hydrogens (primary N) is 1. The van der Waals surface area contributed by atoms with Crippen LogP contribution in [0.4, 0.5) is 5.69 Å². The Labute approximate surface area is 137 Å². The summed E-state index contributed by atoms with van der Waals surface area (Å²) in [5.74, 6) is 0. The molecular formula is C16H15ClN4O2. The molecule has 0 atom stereocenters. The van der Waals surface area contributed by atoms with Crippen molar-refractivity contribution in [2.75, 3.05) is 0 Å². The molecule has 0 saturated heterocycles. The van der Waals surface area contributed by atoms with Crippen LogP contribution in [0.5, 0.6) is 0 Å². The number of rotatable bonds is 3. The molecule has 0 amide bonds. The Bertz CT molecular complexity index is 895. The molecule has 0 spiro atoms. The highest BCUT2D eigenvalue weighted by atomic mass is 35.5. The Hall–Kier alpha value is -2.44. The number of benzene rings is 2. The van der Waals surface area contributed by atoms with Gasteiger partial charge in [-0.15, -0.1) is 0 Å². The third kappa shape index (κ3) is 2.67. The lowest BCUT2D eigenvalue weighted by molar-refractivity contribution is -0.382. The van der Waals surface area contributed by atoms with Gasteiger partial charge in [0.1, 0.15) is 0 Å².